The Hall–Kier alpha value is -0.980. The van der Waals surface area contributed by atoms with E-state index in [1.165, 1.54) is 31.5 Å². The lowest BCUT2D eigenvalue weighted by Crippen LogP contribution is -2.79. The van der Waals surface area contributed by atoms with Crippen LogP contribution in [0.4, 0.5) is 0 Å². The predicted octanol–water partition coefficient (Wildman–Crippen LogP) is 1.21. The number of hydrogen-bond donors (Lipinski definition) is 1. The molecule has 4 saturated heterocycles. The minimum absolute atomic E-state index is 0.141. The molecule has 0 unspecified atom stereocenters. The smallest absolute Gasteiger partial charge is 0.0682 e. The van der Waals surface area contributed by atoms with Gasteiger partial charge < -0.3 is 9.84 Å². The molecule has 0 saturated carbocycles. The molecule has 27 heavy (non-hydrogen) atoms. The molecule has 4 aliphatic rings. The third kappa shape index (κ3) is 3.56. The van der Waals surface area contributed by atoms with Gasteiger partial charge in [0.2, 0.25) is 0 Å². The molecule has 148 valence electrons. The SMILES string of the molecule is O[C@@H]1C[C@@H]2CN(CCc3ccccc3)CC3(CN(C4CCOCC4)C3)N2C1. The van der Waals surface area contributed by atoms with Crippen LogP contribution in [-0.4, -0.2) is 96.0 Å². The summed E-state index contributed by atoms with van der Waals surface area (Å²) in [4.78, 5) is 8.03. The first-order valence-corrected chi connectivity index (χ1v) is 10.7. The summed E-state index contributed by atoms with van der Waals surface area (Å²) in [6.45, 7) is 8.45. The number of aliphatic hydroxyl groups excluding tert-OH is 1. The van der Waals surface area contributed by atoms with E-state index in [0.29, 0.717) is 12.1 Å². The summed E-state index contributed by atoms with van der Waals surface area (Å²) in [5.41, 5.74) is 1.69. The van der Waals surface area contributed by atoms with E-state index in [-0.39, 0.29) is 11.6 Å². The summed E-state index contributed by atoms with van der Waals surface area (Å²) >= 11 is 0. The fourth-order valence-corrected chi connectivity index (χ4v) is 5.92. The molecule has 0 aromatic heterocycles. The summed E-state index contributed by atoms with van der Waals surface area (Å²) in [7, 11) is 0. The van der Waals surface area contributed by atoms with Crippen molar-refractivity contribution >= 4 is 0 Å². The van der Waals surface area contributed by atoms with Crippen LogP contribution in [0.1, 0.15) is 24.8 Å². The van der Waals surface area contributed by atoms with E-state index in [9.17, 15) is 5.11 Å². The van der Waals surface area contributed by atoms with Crippen LogP contribution in [0.25, 0.3) is 0 Å². The van der Waals surface area contributed by atoms with E-state index in [4.69, 9.17) is 4.74 Å². The molecule has 4 fully saturated rings. The number of hydrogen-bond acceptors (Lipinski definition) is 5. The standard InChI is InChI=1S/C22H33N3O2/c26-21-12-20-13-23(9-6-18-4-2-1-3-5-18)15-22(25(20)14-21)16-24(17-22)19-7-10-27-11-8-19/h1-5,19-21,26H,6-17H2/t20-,21-/m1/s1. The van der Waals surface area contributed by atoms with Gasteiger partial charge in [-0.25, -0.2) is 0 Å². The molecule has 0 radical (unpaired) electrons. The van der Waals surface area contributed by atoms with E-state index in [2.05, 4.69) is 45.0 Å². The Balaban J connectivity index is 1.25. The molecule has 0 aliphatic carbocycles. The Morgan fingerprint density at radius 2 is 1.78 bits per heavy atom. The van der Waals surface area contributed by atoms with Crippen LogP contribution in [-0.2, 0) is 11.2 Å². The lowest BCUT2D eigenvalue weighted by molar-refractivity contribution is -0.136. The van der Waals surface area contributed by atoms with Crippen molar-refractivity contribution in [3.8, 4) is 0 Å². The largest absolute Gasteiger partial charge is 0.392 e. The first-order chi connectivity index (χ1) is 13.2. The average molecular weight is 372 g/mol. The van der Waals surface area contributed by atoms with E-state index >= 15 is 0 Å². The quantitative estimate of drug-likeness (QED) is 0.862. The second kappa shape index (κ2) is 7.45. The minimum Gasteiger partial charge on any atom is -0.392 e. The lowest BCUT2D eigenvalue weighted by atomic mass is 9.81. The van der Waals surface area contributed by atoms with Crippen LogP contribution in [0.3, 0.4) is 0 Å². The van der Waals surface area contributed by atoms with Gasteiger partial charge in [0.1, 0.15) is 0 Å². The van der Waals surface area contributed by atoms with Crippen LogP contribution in [0.15, 0.2) is 30.3 Å². The van der Waals surface area contributed by atoms with Crippen molar-refractivity contribution in [2.24, 2.45) is 0 Å². The van der Waals surface area contributed by atoms with Gasteiger partial charge in [0.25, 0.3) is 0 Å². The van der Waals surface area contributed by atoms with Crippen LogP contribution >= 0.6 is 0 Å². The average Bonchev–Trinajstić information content (AvgIpc) is 3.06. The maximum absolute atomic E-state index is 10.3. The number of rotatable bonds is 4. The zero-order valence-corrected chi connectivity index (χ0v) is 16.3. The second-order valence-electron chi connectivity index (χ2n) is 9.14. The van der Waals surface area contributed by atoms with Crippen LogP contribution in [0, 0.1) is 0 Å². The first-order valence-electron chi connectivity index (χ1n) is 10.7. The first kappa shape index (κ1) is 18.1. The van der Waals surface area contributed by atoms with Crippen molar-refractivity contribution in [2.45, 2.75) is 49.4 Å². The maximum atomic E-state index is 10.3. The highest BCUT2D eigenvalue weighted by Crippen LogP contribution is 2.40. The van der Waals surface area contributed by atoms with Gasteiger partial charge in [-0.05, 0) is 31.2 Å². The third-order valence-corrected chi connectivity index (χ3v) is 7.25. The molecular weight excluding hydrogens is 338 g/mol. The van der Waals surface area contributed by atoms with Gasteiger partial charge >= 0.3 is 0 Å². The van der Waals surface area contributed by atoms with Gasteiger partial charge in [-0.2, -0.15) is 0 Å². The normalized spacial score (nSPS) is 32.5. The number of ether oxygens (including phenoxy) is 1. The number of benzene rings is 1. The molecular formula is C22H33N3O2. The topological polar surface area (TPSA) is 39.2 Å². The number of likely N-dealkylation sites (tertiary alicyclic amines) is 1. The Bertz CT molecular complexity index is 628. The molecule has 0 amide bonds. The van der Waals surface area contributed by atoms with Crippen molar-refractivity contribution in [3.05, 3.63) is 35.9 Å². The van der Waals surface area contributed by atoms with Crippen LogP contribution in [0.2, 0.25) is 0 Å². The van der Waals surface area contributed by atoms with Gasteiger partial charge in [-0.1, -0.05) is 30.3 Å². The predicted molar refractivity (Wildman–Crippen MR) is 106 cm³/mol. The summed E-state index contributed by atoms with van der Waals surface area (Å²) in [6.07, 6.45) is 4.29. The van der Waals surface area contributed by atoms with Crippen LogP contribution < -0.4 is 0 Å². The number of β-amino-alcohol motifs (C(OH)–C–C–N with tert-alkyl or cyclic N) is 1. The molecule has 1 N–H and O–H groups in total. The van der Waals surface area contributed by atoms with E-state index in [1.54, 1.807) is 0 Å². The molecule has 1 aromatic rings. The fourth-order valence-electron chi connectivity index (χ4n) is 5.92. The van der Waals surface area contributed by atoms with E-state index < -0.39 is 0 Å². The third-order valence-electron chi connectivity index (χ3n) is 7.25. The summed E-state index contributed by atoms with van der Waals surface area (Å²) in [5, 5.41) is 10.3. The number of aliphatic hydroxyl groups is 1. The van der Waals surface area contributed by atoms with E-state index in [0.717, 1.165) is 52.2 Å². The van der Waals surface area contributed by atoms with Crippen LogP contribution in [0.5, 0.6) is 0 Å². The monoisotopic (exact) mass is 371 g/mol. The van der Waals surface area contributed by atoms with Crippen molar-refractivity contribution in [3.63, 3.8) is 0 Å². The summed E-state index contributed by atoms with van der Waals surface area (Å²) < 4.78 is 5.55. The molecule has 2 atom stereocenters. The highest BCUT2D eigenvalue weighted by Gasteiger charge is 2.56. The van der Waals surface area contributed by atoms with Crippen molar-refractivity contribution < 1.29 is 9.84 Å². The van der Waals surface area contributed by atoms with Crippen molar-refractivity contribution in [1.82, 2.24) is 14.7 Å². The number of piperazine rings is 1. The lowest BCUT2D eigenvalue weighted by Gasteiger charge is -2.63. The van der Waals surface area contributed by atoms with Crippen molar-refractivity contribution in [1.29, 1.82) is 0 Å². The van der Waals surface area contributed by atoms with Gasteiger partial charge in [0.15, 0.2) is 0 Å². The molecule has 5 nitrogen and oxygen atoms in total. The molecule has 5 rings (SSSR count). The molecule has 4 heterocycles. The zero-order chi connectivity index (χ0) is 18.3. The number of fused-ring (bicyclic) bond motifs is 2. The molecule has 5 heteroatoms. The Morgan fingerprint density at radius 3 is 2.56 bits per heavy atom. The van der Waals surface area contributed by atoms with Gasteiger partial charge in [0, 0.05) is 64.6 Å². The Kier molecular flexibility index (Phi) is 4.99. The Morgan fingerprint density at radius 1 is 1.00 bits per heavy atom. The molecule has 0 bridgehead atoms. The second-order valence-corrected chi connectivity index (χ2v) is 9.14. The maximum Gasteiger partial charge on any atom is 0.0682 e. The minimum atomic E-state index is -0.141. The summed E-state index contributed by atoms with van der Waals surface area (Å²) in [5.74, 6) is 0. The van der Waals surface area contributed by atoms with Crippen molar-refractivity contribution in [2.75, 3.05) is 52.5 Å². The van der Waals surface area contributed by atoms with Gasteiger partial charge in [-0.15, -0.1) is 0 Å². The van der Waals surface area contributed by atoms with Gasteiger partial charge in [0.05, 0.1) is 11.6 Å². The number of nitrogens with zero attached hydrogens (tertiary/aromatic N) is 3. The highest BCUT2D eigenvalue weighted by atomic mass is 16.5. The highest BCUT2D eigenvalue weighted by molar-refractivity contribution is 5.17. The molecule has 1 aromatic carbocycles. The zero-order valence-electron chi connectivity index (χ0n) is 16.3. The van der Waals surface area contributed by atoms with E-state index in [1.807, 2.05) is 0 Å². The Labute approximate surface area is 162 Å². The summed E-state index contributed by atoms with van der Waals surface area (Å²) in [6, 6.07) is 12.1. The fraction of sp³-hybridized carbons (Fsp3) is 0.727. The molecule has 1 spiro atoms. The molecule has 4 aliphatic heterocycles. The van der Waals surface area contributed by atoms with Gasteiger partial charge in [-0.3, -0.25) is 14.7 Å².